The van der Waals surface area contributed by atoms with E-state index >= 15 is 0 Å². The van der Waals surface area contributed by atoms with E-state index in [2.05, 4.69) is 128 Å². The fourth-order valence-electron chi connectivity index (χ4n) is 29.1. The third-order valence-corrected chi connectivity index (χ3v) is 33.2. The van der Waals surface area contributed by atoms with Crippen LogP contribution in [-0.4, -0.2) is 184 Å². The van der Waals surface area contributed by atoms with Crippen molar-refractivity contribution in [1.29, 1.82) is 0 Å². The predicted molar refractivity (Wildman–Crippen MR) is 459 cm³/mol. The number of Topliss-reactive ketones (excluding diaryl/α,β-unsaturated/α-hetero) is 2. The van der Waals surface area contributed by atoms with E-state index in [4.69, 9.17) is 9.97 Å². The molecule has 6 saturated carbocycles. The number of carboxylic acid groups (broad SMARTS) is 1. The number of ketones is 2. The van der Waals surface area contributed by atoms with Crippen LogP contribution in [-0.2, 0) is 14.4 Å². The fourth-order valence-corrected chi connectivity index (χ4v) is 29.1. The van der Waals surface area contributed by atoms with Crippen LogP contribution in [0.3, 0.4) is 0 Å². The molecule has 114 heavy (non-hydrogen) atoms. The molecule has 12 bridgehead atoms. The number of benzene rings is 3. The summed E-state index contributed by atoms with van der Waals surface area (Å²) in [6, 6.07) is 35.0. The van der Waals surface area contributed by atoms with Crippen LogP contribution in [0.2, 0.25) is 0 Å². The number of para-hydroxylation sites is 6. The van der Waals surface area contributed by atoms with E-state index in [1.807, 2.05) is 0 Å². The molecule has 0 spiro atoms. The van der Waals surface area contributed by atoms with Gasteiger partial charge in [-0.3, -0.25) is 43.8 Å². The number of anilines is 2. The predicted octanol–water partition coefficient (Wildman–Crippen LogP) is 19.8. The summed E-state index contributed by atoms with van der Waals surface area (Å²) < 4.78 is 5.34. The van der Waals surface area contributed by atoms with E-state index in [1.54, 1.807) is 13.8 Å². The Hall–Kier alpha value is -5.49. The molecule has 16 nitrogen and oxygen atoms in total. The molecule has 6 unspecified atom stereocenters. The molecule has 16 aliphatic rings. The van der Waals surface area contributed by atoms with E-state index in [9.17, 15) is 19.5 Å². The molecule has 0 radical (unpaired) electrons. The Kier molecular flexibility index (Phi) is 23.8. The molecule has 0 amide bonds. The second-order valence-electron chi connectivity index (χ2n) is 40.6. The standard InChI is InChI=1S/C34H50N4O2.2C32H46N4O/c1-2-35-16-8-11-26(22-35)34-36(23-33(39)40)31-14-5-6-15-32(31)38(34)30-20-27-12-7-13-28(21-30)37(27)29-18-24-9-3-4-10-25(17-24)19-29;2*1-22(37)21-34-15-7-14-31(34)32-33-29-12-4-5-13-30(29)36(32)28-19-25-10-6-11-26(20-28)35(25)27-17-23-8-2-3-9-24(16-23)18-27/h5-6,14-15,24-25,27-30H,2-4,7-13,16-23H2,1H3,(H,39,40);2*4-5,12-13,23-28,31H,2-3,6-11,14-21H2,1H3/b34-26+;;/t24-,25+,27-,28+,29?,30?;2*23-,24+,25-,26+,27?,28?,31-/m.10/s1. The number of aromatic nitrogens is 4. The molecule has 12 heterocycles. The topological polar surface area (TPSA) is 133 Å². The first-order valence-corrected chi connectivity index (χ1v) is 47.9. The Labute approximate surface area is 683 Å². The largest absolute Gasteiger partial charge is 0.480 e. The number of hydrogen-bond donors (Lipinski definition) is 1. The second kappa shape index (κ2) is 34.7. The van der Waals surface area contributed by atoms with Crippen LogP contribution in [0.4, 0.5) is 11.4 Å². The van der Waals surface area contributed by atoms with Gasteiger partial charge in [-0.1, -0.05) is 140 Å². The minimum absolute atomic E-state index is 0.0367. The maximum atomic E-state index is 12.2. The fraction of sp³-hybridized carbons (Fsp3) is 0.745. The van der Waals surface area contributed by atoms with Gasteiger partial charge in [0.2, 0.25) is 0 Å². The summed E-state index contributed by atoms with van der Waals surface area (Å²) >= 11 is 0. The number of aliphatic carboxylic acids is 1. The number of carboxylic acids is 1. The number of likely N-dealkylation sites (tertiary alicyclic amines) is 3. The van der Waals surface area contributed by atoms with Crippen LogP contribution < -0.4 is 9.80 Å². The van der Waals surface area contributed by atoms with Crippen LogP contribution >= 0.6 is 0 Å². The zero-order valence-electron chi connectivity index (χ0n) is 70.4. The molecule has 2 aromatic heterocycles. The van der Waals surface area contributed by atoms with Gasteiger partial charge in [0.1, 0.15) is 35.6 Å². The van der Waals surface area contributed by atoms with E-state index in [-0.39, 0.29) is 30.2 Å². The van der Waals surface area contributed by atoms with Gasteiger partial charge in [-0.15, -0.1) is 0 Å². The number of nitrogens with zero attached hydrogens (tertiary/aromatic N) is 12. The third-order valence-electron chi connectivity index (χ3n) is 33.2. The SMILES string of the molecule is CC(=O)CN1CCC[C@@H]1c1nc2ccccc2n1C1C[C@H]2CCC[C@@H](C1)N2C1C[C@H]2CCCC[C@@H](C1)C2.CC(=O)CN1CCC[C@H]1c1nc2ccccc2n1C1C[C@H]2CCC[C@@H](C1)N2C1C[C@H]2CCCC[C@@H](C1)C2.CCN1CCC/C(=C2/N(CC(=O)O)c3ccccc3N2C2C[C@H]3CCC[C@@H](C2)N3C2C[C@H]3CCCC[C@@H](C2)C3)C1. The molecule has 3 aromatic carbocycles. The highest BCUT2D eigenvalue weighted by Crippen LogP contribution is 2.55. The van der Waals surface area contributed by atoms with E-state index in [1.165, 1.54) is 271 Å². The lowest BCUT2D eigenvalue weighted by Crippen LogP contribution is -2.61. The van der Waals surface area contributed by atoms with Crippen molar-refractivity contribution in [2.75, 3.05) is 62.2 Å². The number of carbonyl (C=O) groups is 3. The molecule has 20 atom stereocenters. The summed E-state index contributed by atoms with van der Waals surface area (Å²) in [5, 5.41) is 10.0. The van der Waals surface area contributed by atoms with Gasteiger partial charge in [0.25, 0.3) is 0 Å². The van der Waals surface area contributed by atoms with Crippen molar-refractivity contribution < 1.29 is 19.5 Å². The number of fused-ring (bicyclic) bond motifs is 15. The number of piperidine rings is 7. The first-order chi connectivity index (χ1) is 55.9. The summed E-state index contributed by atoms with van der Waals surface area (Å²) in [6.45, 7) is 12.1. The van der Waals surface area contributed by atoms with Gasteiger partial charge in [-0.25, -0.2) is 9.97 Å². The van der Waals surface area contributed by atoms with Crippen LogP contribution in [0.25, 0.3) is 22.1 Å². The highest BCUT2D eigenvalue weighted by molar-refractivity contribution is 5.88. The molecular formula is C98H142N12O4. The lowest BCUT2D eigenvalue weighted by Gasteiger charge is -2.56. The van der Waals surface area contributed by atoms with Crippen LogP contribution in [0.5, 0.6) is 0 Å². The Bertz CT molecular complexity index is 3940. The van der Waals surface area contributed by atoms with Crippen molar-refractivity contribution in [1.82, 2.24) is 48.5 Å². The smallest absolute Gasteiger partial charge is 0.323 e. The van der Waals surface area contributed by atoms with Crippen molar-refractivity contribution in [2.24, 2.45) is 35.5 Å². The van der Waals surface area contributed by atoms with Gasteiger partial charge in [0.05, 0.1) is 58.6 Å². The third kappa shape index (κ3) is 16.2. The maximum Gasteiger partial charge on any atom is 0.323 e. The molecule has 16 heteroatoms. The highest BCUT2D eigenvalue weighted by Gasteiger charge is 2.52. The molecule has 1 N–H and O–H groups in total. The Balaban J connectivity index is 0.000000115. The van der Waals surface area contributed by atoms with E-state index in [0.29, 0.717) is 43.3 Å². The van der Waals surface area contributed by atoms with Gasteiger partial charge < -0.3 is 24.0 Å². The van der Waals surface area contributed by atoms with Gasteiger partial charge in [0, 0.05) is 79.0 Å². The summed E-state index contributed by atoms with van der Waals surface area (Å²) in [5.41, 5.74) is 8.66. The normalized spacial score (nSPS) is 37.0. The molecule has 6 aliphatic carbocycles. The lowest BCUT2D eigenvalue weighted by molar-refractivity contribution is -0.135. The highest BCUT2D eigenvalue weighted by atomic mass is 16.4. The van der Waals surface area contributed by atoms with Crippen LogP contribution in [0.15, 0.2) is 84.2 Å². The van der Waals surface area contributed by atoms with Crippen molar-refractivity contribution in [2.45, 2.75) is 375 Å². The summed E-state index contributed by atoms with van der Waals surface area (Å²) in [7, 11) is 0. The van der Waals surface area contributed by atoms with Crippen molar-refractivity contribution in [3.63, 3.8) is 0 Å². The monoisotopic (exact) mass is 1550 g/mol. The Morgan fingerprint density at radius 3 is 1.14 bits per heavy atom. The number of imidazole rings is 2. The molecule has 21 rings (SSSR count). The van der Waals surface area contributed by atoms with Crippen molar-refractivity contribution in [3.05, 3.63) is 95.8 Å². The minimum atomic E-state index is -0.747. The second-order valence-corrected chi connectivity index (χ2v) is 40.6. The van der Waals surface area contributed by atoms with Crippen LogP contribution in [0, 0.1) is 35.5 Å². The van der Waals surface area contributed by atoms with Crippen molar-refractivity contribution >= 4 is 51.0 Å². The molecule has 5 aromatic rings. The Morgan fingerprint density at radius 1 is 0.377 bits per heavy atom. The first-order valence-electron chi connectivity index (χ1n) is 47.9. The van der Waals surface area contributed by atoms with Gasteiger partial charge in [0.15, 0.2) is 0 Å². The summed E-state index contributed by atoms with van der Waals surface area (Å²) in [5.74, 6) is 9.35. The zero-order chi connectivity index (χ0) is 77.1. The minimum Gasteiger partial charge on any atom is -0.480 e. The maximum absolute atomic E-state index is 12.2. The van der Waals surface area contributed by atoms with Gasteiger partial charge >= 0.3 is 5.97 Å². The van der Waals surface area contributed by atoms with Gasteiger partial charge in [-0.05, 0) is 291 Å². The van der Waals surface area contributed by atoms with Crippen LogP contribution in [0.1, 0.15) is 326 Å². The quantitative estimate of drug-likeness (QED) is 0.107. The van der Waals surface area contributed by atoms with Gasteiger partial charge in [-0.2, -0.15) is 0 Å². The van der Waals surface area contributed by atoms with E-state index in [0.717, 1.165) is 166 Å². The molecule has 618 valence electrons. The molecule has 15 fully saturated rings. The zero-order valence-corrected chi connectivity index (χ0v) is 70.4. The number of hydrogen-bond acceptors (Lipinski definition) is 13. The lowest BCUT2D eigenvalue weighted by atomic mass is 9.73. The average molecular weight is 1550 g/mol. The summed E-state index contributed by atoms with van der Waals surface area (Å²) in [6.07, 6.45) is 57.6. The molecule has 9 saturated heterocycles. The summed E-state index contributed by atoms with van der Waals surface area (Å²) in [4.78, 5) is 68.3. The molecule has 10 aliphatic heterocycles. The molecular weight excluding hydrogens is 1410 g/mol. The first kappa shape index (κ1) is 78.4. The van der Waals surface area contributed by atoms with Crippen molar-refractivity contribution in [3.8, 4) is 0 Å². The number of likely N-dealkylation sites (N-methyl/N-ethyl adjacent to an activating group) is 1. The Morgan fingerprint density at radius 2 is 0.754 bits per heavy atom. The average Bonchev–Trinajstić information content (AvgIpc) is 1.61. The van der Waals surface area contributed by atoms with E-state index < -0.39 is 5.97 Å². The number of carbonyl (C=O) groups excluding carboxylic acids is 2. The number of rotatable bonds is 15.